The SMILES string of the molecule is CC1C(=O)/C=C\[C@@H](C)[C@H](C)OC(=O)c2c(O)cc(OCCn3ccnc3)cc2/C=C/C[C@@H]1O.CCNc1cc(O)c2c(c1)/C=C/C[C@H](O)C(O)C(=O)/C(C)=C\[C@@H](C)[C@H](C)OC2=O.COOSCCCOc1cc(O)c2c(c1)/C=C/C[C@H](O)C(C)C(=O)/C=C\[C@@H](C)[C@H](C)OC2=O. The van der Waals surface area contributed by atoms with E-state index in [0.717, 1.165) is 12.0 Å². The summed E-state index contributed by atoms with van der Waals surface area (Å²) in [6.07, 6.45) is 17.4. The van der Waals surface area contributed by atoms with E-state index in [4.69, 9.17) is 28.0 Å². The molecule has 0 radical (unpaired) electrons. The average Bonchev–Trinajstić information content (AvgIpc) is 1.07. The zero-order chi connectivity index (χ0) is 70.1. The minimum Gasteiger partial charge on any atom is -0.507 e. The van der Waals surface area contributed by atoms with E-state index < -0.39 is 78.3 Å². The molecule has 0 saturated carbocycles. The molecule has 7 rings (SSSR count). The quantitative estimate of drug-likeness (QED) is 0.0154. The molecule has 3 aromatic carbocycles. The van der Waals surface area contributed by atoms with Gasteiger partial charge in [0.25, 0.3) is 0 Å². The van der Waals surface area contributed by atoms with Crippen LogP contribution in [-0.2, 0) is 44.4 Å². The number of hydrogen-bond donors (Lipinski definition) is 8. The molecule has 516 valence electrons. The van der Waals surface area contributed by atoms with Crippen LogP contribution < -0.4 is 14.8 Å². The van der Waals surface area contributed by atoms with Crippen molar-refractivity contribution in [1.82, 2.24) is 9.55 Å². The summed E-state index contributed by atoms with van der Waals surface area (Å²) in [4.78, 5) is 84.1. The summed E-state index contributed by atoms with van der Waals surface area (Å²) in [6.45, 7) is 19.3. The molecule has 0 spiro atoms. The fourth-order valence-corrected chi connectivity index (χ4v) is 9.96. The second-order valence-electron chi connectivity index (χ2n) is 23.5. The van der Waals surface area contributed by atoms with Gasteiger partial charge in [0.05, 0.1) is 44.9 Å². The number of nitrogens with zero attached hydrogens (tertiary/aromatic N) is 2. The summed E-state index contributed by atoms with van der Waals surface area (Å²) >= 11 is 1.16. The van der Waals surface area contributed by atoms with E-state index in [0.29, 0.717) is 72.4 Å². The van der Waals surface area contributed by atoms with E-state index in [1.54, 1.807) is 134 Å². The van der Waals surface area contributed by atoms with Crippen LogP contribution in [-0.4, -0.2) is 156 Å². The van der Waals surface area contributed by atoms with Crippen molar-refractivity contribution in [3.05, 3.63) is 143 Å². The van der Waals surface area contributed by atoms with Gasteiger partial charge in [-0.2, -0.15) is 4.33 Å². The molecule has 4 aromatic rings. The van der Waals surface area contributed by atoms with Gasteiger partial charge in [-0.1, -0.05) is 89.3 Å². The maximum absolute atomic E-state index is 12.9. The van der Waals surface area contributed by atoms with Crippen LogP contribution in [0.25, 0.3) is 18.2 Å². The first-order valence-corrected chi connectivity index (χ1v) is 32.5. The van der Waals surface area contributed by atoms with Crippen LogP contribution in [0.3, 0.4) is 0 Å². The Kier molecular flexibility index (Phi) is 31.1. The second-order valence-corrected chi connectivity index (χ2v) is 24.3. The predicted molar refractivity (Wildman–Crippen MR) is 359 cm³/mol. The summed E-state index contributed by atoms with van der Waals surface area (Å²) in [7, 11) is 1.43. The third kappa shape index (κ3) is 23.5. The van der Waals surface area contributed by atoms with Crippen LogP contribution in [0.1, 0.15) is 143 Å². The van der Waals surface area contributed by atoms with Gasteiger partial charge in [-0.25, -0.2) is 24.3 Å². The minimum atomic E-state index is -1.55. The van der Waals surface area contributed by atoms with Gasteiger partial charge in [0.1, 0.15) is 76.5 Å². The lowest BCUT2D eigenvalue weighted by Crippen LogP contribution is -2.34. The number of phenols is 3. The molecule has 3 aliphatic rings. The number of imidazole rings is 1. The van der Waals surface area contributed by atoms with E-state index in [9.17, 15) is 64.5 Å². The number of aromatic nitrogens is 2. The van der Waals surface area contributed by atoms with Gasteiger partial charge >= 0.3 is 17.9 Å². The van der Waals surface area contributed by atoms with Crippen molar-refractivity contribution in [3.63, 3.8) is 0 Å². The van der Waals surface area contributed by atoms with Crippen LogP contribution in [0.4, 0.5) is 5.69 Å². The first-order valence-electron chi connectivity index (χ1n) is 31.6. The van der Waals surface area contributed by atoms with Crippen molar-refractivity contribution < 1.29 is 97.4 Å². The number of esters is 3. The van der Waals surface area contributed by atoms with Gasteiger partial charge in [-0.05, 0) is 113 Å². The first kappa shape index (κ1) is 77.3. The Labute approximate surface area is 558 Å². The number of carbonyl (C=O) groups is 6. The Hall–Kier alpha value is -8.36. The van der Waals surface area contributed by atoms with E-state index in [-0.39, 0.29) is 88.1 Å². The summed E-state index contributed by atoms with van der Waals surface area (Å²) in [6, 6.07) is 9.17. The number of aliphatic hydroxyl groups excluding tert-OH is 4. The van der Waals surface area contributed by atoms with Gasteiger partial charge in [0.15, 0.2) is 17.3 Å². The number of ketones is 3. The lowest BCUT2D eigenvalue weighted by Gasteiger charge is -2.21. The molecule has 95 heavy (non-hydrogen) atoms. The highest BCUT2D eigenvalue weighted by Gasteiger charge is 2.30. The third-order valence-corrected chi connectivity index (χ3v) is 16.8. The third-order valence-electron chi connectivity index (χ3n) is 16.2. The van der Waals surface area contributed by atoms with Gasteiger partial charge in [-0.3, -0.25) is 14.4 Å². The summed E-state index contributed by atoms with van der Waals surface area (Å²) in [5.41, 5.74) is 2.16. The normalized spacial score (nSPS) is 27.0. The molecule has 4 heterocycles. The second kappa shape index (κ2) is 38.3. The van der Waals surface area contributed by atoms with Crippen molar-refractivity contribution >= 4 is 71.2 Å². The van der Waals surface area contributed by atoms with Crippen LogP contribution in [0.2, 0.25) is 0 Å². The lowest BCUT2D eigenvalue weighted by atomic mass is 9.94. The van der Waals surface area contributed by atoms with Crippen LogP contribution >= 0.6 is 12.0 Å². The maximum atomic E-state index is 12.9. The summed E-state index contributed by atoms with van der Waals surface area (Å²) < 4.78 is 34.7. The summed E-state index contributed by atoms with van der Waals surface area (Å²) in [5, 5.41) is 75.9. The molecule has 0 amide bonds. The number of Topliss-reactive ketones (excluding diaryl/α,β-unsaturated/α-hetero) is 1. The number of aliphatic hydroxyl groups is 4. The number of anilines is 1. The number of ether oxygens (including phenoxy) is 5. The molecule has 1 aromatic heterocycles. The summed E-state index contributed by atoms with van der Waals surface area (Å²) in [5.74, 6) is -4.28. The number of allylic oxidation sites excluding steroid dienone is 2. The van der Waals surface area contributed by atoms with E-state index >= 15 is 0 Å². The number of rotatable bonds is 13. The van der Waals surface area contributed by atoms with Gasteiger partial charge in [-0.15, -0.1) is 0 Å². The molecule has 24 heteroatoms. The zero-order valence-electron chi connectivity index (χ0n) is 55.6. The Bertz CT molecular complexity index is 3430. The van der Waals surface area contributed by atoms with Gasteiger partial charge in [0.2, 0.25) is 0 Å². The minimum absolute atomic E-state index is 0.00712. The Morgan fingerprint density at radius 3 is 1.52 bits per heavy atom. The Morgan fingerprint density at radius 2 is 1.05 bits per heavy atom. The number of carbonyl (C=O) groups excluding carboxylic acids is 6. The molecule has 3 unspecified atom stereocenters. The number of nitrogens with one attached hydrogen (secondary N) is 1. The van der Waals surface area contributed by atoms with Crippen molar-refractivity contribution in [2.75, 3.05) is 37.9 Å². The van der Waals surface area contributed by atoms with Crippen molar-refractivity contribution in [1.29, 1.82) is 0 Å². The molecule has 0 saturated heterocycles. The largest absolute Gasteiger partial charge is 0.507 e. The molecule has 0 aliphatic carbocycles. The highest BCUT2D eigenvalue weighted by Crippen LogP contribution is 2.35. The fourth-order valence-electron chi connectivity index (χ4n) is 9.56. The monoisotopic (exact) mass is 1340 g/mol. The first-order chi connectivity index (χ1) is 45.1. The lowest BCUT2D eigenvalue weighted by molar-refractivity contribution is -0.160. The molecular weight excluding hydrogens is 1250 g/mol. The molecule has 12 atom stereocenters. The highest BCUT2D eigenvalue weighted by molar-refractivity contribution is 7.94. The average molecular weight is 1340 g/mol. The van der Waals surface area contributed by atoms with Crippen molar-refractivity contribution in [3.8, 4) is 28.7 Å². The fraction of sp³-hybridized carbons (Fsp3) is 0.451. The molecule has 0 bridgehead atoms. The van der Waals surface area contributed by atoms with E-state index in [2.05, 4.69) is 15.2 Å². The Balaban J connectivity index is 0.000000259. The maximum Gasteiger partial charge on any atom is 0.342 e. The smallest absolute Gasteiger partial charge is 0.342 e. The van der Waals surface area contributed by atoms with Crippen LogP contribution in [0.15, 0.2) is 109 Å². The van der Waals surface area contributed by atoms with Crippen LogP contribution in [0.5, 0.6) is 28.7 Å². The molecule has 0 fully saturated rings. The number of cyclic esters (lactones) is 3. The molecular formula is C71H91N3O20S. The van der Waals surface area contributed by atoms with Crippen molar-refractivity contribution in [2.24, 2.45) is 29.6 Å². The number of benzene rings is 3. The van der Waals surface area contributed by atoms with Gasteiger partial charge in [0, 0.05) is 90.2 Å². The molecule has 8 N–H and O–H groups in total. The zero-order valence-corrected chi connectivity index (χ0v) is 56.4. The van der Waals surface area contributed by atoms with Crippen LogP contribution in [0, 0.1) is 29.6 Å². The molecule has 3 aliphatic heterocycles. The number of phenolic OH excluding ortho intramolecular Hbond substituents is 3. The van der Waals surface area contributed by atoms with Crippen molar-refractivity contribution in [2.45, 2.75) is 144 Å². The van der Waals surface area contributed by atoms with Gasteiger partial charge < -0.3 is 69.3 Å². The topological polar surface area (TPSA) is 338 Å². The highest BCUT2D eigenvalue weighted by atomic mass is 32.2. The number of hydrogen-bond acceptors (Lipinski definition) is 23. The van der Waals surface area contributed by atoms with E-state index in [1.165, 1.54) is 37.5 Å². The number of fused-ring (bicyclic) bond motifs is 3. The standard InChI is InChI=1S/C25H30N2O6.C24H32O8S.C22H29NO6/c1-16-7-8-22(29)17(2)21(28)6-4-5-19-13-20(32-12-11-27-10-9-26-15-27)14-23(30)24(19)25(31)33-18(16)3;1-15-9-10-21(26)16(2)20(25)8-5-7-18-13-19(30-11-6-12-33-32-29-4)14-22(27)23(18)24(28)31-17(15)3;1-5-23-16-10-15-7-6-8-17(24)21(27)20(26)13(3)9-12(2)14(4)29-22(28)19(15)18(25)11-16/h4-5,7-10,13-18,21,28,30H,6,11-12H2,1-3H3;5,7,9-10,13-17,20,25,27H,6,8,11-12H2,1-4H3;6-7,9-12,14,17,21,23-25,27H,5,8H2,1-4H3/b5-4+,8-7-;7-5+,10-9-;7-6+,13-9-/t16-,17?,18+,21+;15-,16?,17+,20+;12-,14+,17+,21?/m111/s1. The number of aromatic hydroxyl groups is 3. The molecule has 23 nitrogen and oxygen atoms in total. The van der Waals surface area contributed by atoms with E-state index in [1.807, 2.05) is 31.5 Å². The Morgan fingerprint density at radius 1 is 0.600 bits per heavy atom. The predicted octanol–water partition coefficient (Wildman–Crippen LogP) is 10.2.